The third kappa shape index (κ3) is 4.98. The van der Waals surface area contributed by atoms with Crippen LogP contribution in [0.25, 0.3) is 0 Å². The molecule has 0 aliphatic rings. The van der Waals surface area contributed by atoms with Crippen molar-refractivity contribution in [3.05, 3.63) is 90.0 Å². The van der Waals surface area contributed by atoms with E-state index >= 15 is 0 Å². The van der Waals surface area contributed by atoms with Gasteiger partial charge >= 0.3 is 0 Å². The minimum Gasteiger partial charge on any atom is -0.489 e. The van der Waals surface area contributed by atoms with Gasteiger partial charge in [0, 0.05) is 30.9 Å². The van der Waals surface area contributed by atoms with Crippen molar-refractivity contribution in [1.82, 2.24) is 0 Å². The van der Waals surface area contributed by atoms with Crippen LogP contribution in [0.5, 0.6) is 5.75 Å². The van der Waals surface area contributed by atoms with Gasteiger partial charge in [-0.1, -0.05) is 30.3 Å². The van der Waals surface area contributed by atoms with E-state index in [0.717, 1.165) is 11.3 Å². The van der Waals surface area contributed by atoms with Crippen molar-refractivity contribution < 1.29 is 14.3 Å². The van der Waals surface area contributed by atoms with Crippen molar-refractivity contribution in [2.24, 2.45) is 0 Å². The predicted molar refractivity (Wildman–Crippen MR) is 111 cm³/mol. The lowest BCUT2D eigenvalue weighted by molar-refractivity contribution is -0.116. The molecule has 0 fully saturated rings. The predicted octanol–water partition coefficient (Wildman–Crippen LogP) is 4.50. The first-order valence-electron chi connectivity index (χ1n) is 8.95. The van der Waals surface area contributed by atoms with Gasteiger partial charge in [0.15, 0.2) is 0 Å². The molecule has 0 unspecified atom stereocenters. The molecule has 0 atom stereocenters. The molecule has 142 valence electrons. The van der Waals surface area contributed by atoms with E-state index in [2.05, 4.69) is 5.32 Å². The summed E-state index contributed by atoms with van der Waals surface area (Å²) < 4.78 is 5.74. The van der Waals surface area contributed by atoms with Gasteiger partial charge in [0.2, 0.25) is 5.91 Å². The molecule has 3 aromatic rings. The van der Waals surface area contributed by atoms with Crippen LogP contribution in [0, 0.1) is 0 Å². The lowest BCUT2D eigenvalue weighted by Crippen LogP contribution is -2.22. The van der Waals surface area contributed by atoms with Gasteiger partial charge in [0.05, 0.1) is 0 Å². The first kappa shape index (κ1) is 19.2. The summed E-state index contributed by atoms with van der Waals surface area (Å²) in [6, 6.07) is 24.0. The Hall–Kier alpha value is -3.60. The van der Waals surface area contributed by atoms with E-state index in [4.69, 9.17) is 4.74 Å². The van der Waals surface area contributed by atoms with Gasteiger partial charge in [-0.3, -0.25) is 9.59 Å². The van der Waals surface area contributed by atoms with E-state index in [1.165, 1.54) is 6.92 Å². The summed E-state index contributed by atoms with van der Waals surface area (Å²) in [5.74, 6) is 0.450. The fourth-order valence-corrected chi connectivity index (χ4v) is 2.60. The van der Waals surface area contributed by atoms with Crippen LogP contribution in [-0.2, 0) is 11.4 Å². The van der Waals surface area contributed by atoms with Crippen molar-refractivity contribution in [1.29, 1.82) is 0 Å². The van der Waals surface area contributed by atoms with Gasteiger partial charge < -0.3 is 15.0 Å². The largest absolute Gasteiger partial charge is 0.489 e. The van der Waals surface area contributed by atoms with Gasteiger partial charge in [-0.05, 0) is 54.1 Å². The van der Waals surface area contributed by atoms with E-state index in [-0.39, 0.29) is 11.8 Å². The van der Waals surface area contributed by atoms with Crippen molar-refractivity contribution in [3.8, 4) is 5.75 Å². The molecular formula is C23H22N2O3. The molecule has 5 heteroatoms. The number of carbonyl (C=O) groups excluding carboxylic acids is 2. The highest BCUT2D eigenvalue weighted by atomic mass is 16.5. The molecule has 5 nitrogen and oxygen atoms in total. The topological polar surface area (TPSA) is 58.6 Å². The fourth-order valence-electron chi connectivity index (χ4n) is 2.60. The smallest absolute Gasteiger partial charge is 0.255 e. The number of hydrogen-bond donors (Lipinski definition) is 1. The lowest BCUT2D eigenvalue weighted by Gasteiger charge is -2.15. The molecule has 1 N–H and O–H groups in total. The van der Waals surface area contributed by atoms with Crippen LogP contribution in [0.15, 0.2) is 78.9 Å². The molecule has 2 amide bonds. The summed E-state index contributed by atoms with van der Waals surface area (Å²) in [7, 11) is 1.71. The lowest BCUT2D eigenvalue weighted by atomic mass is 10.2. The maximum absolute atomic E-state index is 12.4. The first-order valence-corrected chi connectivity index (χ1v) is 8.95. The second kappa shape index (κ2) is 8.86. The van der Waals surface area contributed by atoms with Crippen molar-refractivity contribution in [2.75, 3.05) is 17.3 Å². The number of carbonyl (C=O) groups is 2. The molecule has 0 bridgehead atoms. The minimum absolute atomic E-state index is 0.0497. The monoisotopic (exact) mass is 374 g/mol. The molecule has 28 heavy (non-hydrogen) atoms. The van der Waals surface area contributed by atoms with Crippen molar-refractivity contribution in [2.45, 2.75) is 13.5 Å². The second-order valence-electron chi connectivity index (χ2n) is 6.38. The quantitative estimate of drug-likeness (QED) is 0.691. The van der Waals surface area contributed by atoms with Crippen LogP contribution < -0.4 is 15.0 Å². The van der Waals surface area contributed by atoms with E-state index in [9.17, 15) is 9.59 Å². The van der Waals surface area contributed by atoms with E-state index in [1.54, 1.807) is 60.5 Å². The normalized spacial score (nSPS) is 10.2. The van der Waals surface area contributed by atoms with Crippen LogP contribution >= 0.6 is 0 Å². The zero-order valence-corrected chi connectivity index (χ0v) is 15.9. The number of amides is 2. The SMILES string of the molecule is CC(=O)N(C)c1ccc(NC(=O)c2ccc(OCc3ccccc3)cc2)cc1. The Morgan fingerprint density at radius 3 is 2.14 bits per heavy atom. The number of nitrogens with one attached hydrogen (secondary N) is 1. The van der Waals surface area contributed by atoms with Crippen LogP contribution in [0.2, 0.25) is 0 Å². The summed E-state index contributed by atoms with van der Waals surface area (Å²) in [6.07, 6.45) is 0. The standard InChI is InChI=1S/C23H22N2O3/c1-17(26)25(2)21-12-10-20(11-13-21)24-23(27)19-8-14-22(15-9-19)28-16-18-6-4-3-5-7-18/h3-15H,16H2,1-2H3,(H,24,27). The molecule has 0 heterocycles. The highest BCUT2D eigenvalue weighted by Crippen LogP contribution is 2.19. The Morgan fingerprint density at radius 1 is 0.893 bits per heavy atom. The summed E-state index contributed by atoms with van der Waals surface area (Å²) >= 11 is 0. The number of nitrogens with zero attached hydrogens (tertiary/aromatic N) is 1. The van der Waals surface area contributed by atoms with E-state index in [0.29, 0.717) is 23.6 Å². The fraction of sp³-hybridized carbons (Fsp3) is 0.130. The molecule has 3 rings (SSSR count). The average molecular weight is 374 g/mol. The molecule has 0 saturated carbocycles. The number of anilines is 2. The first-order chi connectivity index (χ1) is 13.5. The van der Waals surface area contributed by atoms with E-state index < -0.39 is 0 Å². The van der Waals surface area contributed by atoms with Crippen molar-refractivity contribution in [3.63, 3.8) is 0 Å². The third-order valence-corrected chi connectivity index (χ3v) is 4.35. The maximum atomic E-state index is 12.4. The Kier molecular flexibility index (Phi) is 6.07. The number of hydrogen-bond acceptors (Lipinski definition) is 3. The zero-order chi connectivity index (χ0) is 19.9. The van der Waals surface area contributed by atoms with Gasteiger partial charge in [-0.25, -0.2) is 0 Å². The molecule has 3 aromatic carbocycles. The average Bonchev–Trinajstić information content (AvgIpc) is 2.73. The van der Waals surface area contributed by atoms with Gasteiger partial charge in [0.1, 0.15) is 12.4 Å². The molecule has 0 aliphatic carbocycles. The van der Waals surface area contributed by atoms with Gasteiger partial charge in [-0.2, -0.15) is 0 Å². The van der Waals surface area contributed by atoms with E-state index in [1.807, 2.05) is 30.3 Å². The minimum atomic E-state index is -0.206. The number of rotatable bonds is 6. The second-order valence-corrected chi connectivity index (χ2v) is 6.38. The van der Waals surface area contributed by atoms with Crippen LogP contribution in [-0.4, -0.2) is 18.9 Å². The van der Waals surface area contributed by atoms with Crippen LogP contribution in [0.4, 0.5) is 11.4 Å². The Labute approximate surface area is 164 Å². The summed E-state index contributed by atoms with van der Waals surface area (Å²) in [4.78, 5) is 25.3. The maximum Gasteiger partial charge on any atom is 0.255 e. The Morgan fingerprint density at radius 2 is 1.54 bits per heavy atom. The van der Waals surface area contributed by atoms with Crippen LogP contribution in [0.3, 0.4) is 0 Å². The molecule has 0 saturated heterocycles. The van der Waals surface area contributed by atoms with Gasteiger partial charge in [0.25, 0.3) is 5.91 Å². The summed E-state index contributed by atoms with van der Waals surface area (Å²) in [5, 5.41) is 2.85. The molecule has 0 aromatic heterocycles. The molecule has 0 spiro atoms. The van der Waals surface area contributed by atoms with Crippen molar-refractivity contribution >= 4 is 23.2 Å². The number of ether oxygens (including phenoxy) is 1. The molecule has 0 radical (unpaired) electrons. The zero-order valence-electron chi connectivity index (χ0n) is 15.9. The molecule has 0 aliphatic heterocycles. The summed E-state index contributed by atoms with van der Waals surface area (Å²) in [5.41, 5.74) is 3.06. The number of benzene rings is 3. The molecular weight excluding hydrogens is 352 g/mol. The third-order valence-electron chi connectivity index (χ3n) is 4.35. The van der Waals surface area contributed by atoms with Crippen LogP contribution in [0.1, 0.15) is 22.8 Å². The Bertz CT molecular complexity index is 936. The Balaban J connectivity index is 1.58. The highest BCUT2D eigenvalue weighted by molar-refractivity contribution is 6.04. The van der Waals surface area contributed by atoms with Gasteiger partial charge in [-0.15, -0.1) is 0 Å². The summed E-state index contributed by atoms with van der Waals surface area (Å²) in [6.45, 7) is 1.98. The highest BCUT2D eigenvalue weighted by Gasteiger charge is 2.08.